The van der Waals surface area contributed by atoms with Gasteiger partial charge in [-0.1, -0.05) is 23.9 Å². The largest absolute Gasteiger partial charge is 0.461 e. The summed E-state index contributed by atoms with van der Waals surface area (Å²) in [7, 11) is 0. The molecule has 1 atom stereocenters. The number of carbonyl (C=O) groups excluding carboxylic acids is 1. The Kier molecular flexibility index (Phi) is 4.98. The third kappa shape index (κ3) is 3.90. The average molecular weight is 386 g/mol. The number of nitrogens with one attached hydrogen (secondary N) is 1. The summed E-state index contributed by atoms with van der Waals surface area (Å²) in [5.41, 5.74) is 0.727. The molecule has 1 aliphatic rings. The molecule has 0 saturated heterocycles. The van der Waals surface area contributed by atoms with Crippen molar-refractivity contribution in [2.75, 3.05) is 0 Å². The molecule has 1 aromatic carbocycles. The highest BCUT2D eigenvalue weighted by Gasteiger charge is 2.31. The van der Waals surface area contributed by atoms with Crippen LogP contribution in [0.15, 0.2) is 52.2 Å². The average Bonchev–Trinajstić information content (AvgIpc) is 3.17. The molecule has 1 amide bonds. The van der Waals surface area contributed by atoms with Crippen LogP contribution in [0.25, 0.3) is 11.6 Å². The van der Waals surface area contributed by atoms with Crippen molar-refractivity contribution >= 4 is 17.7 Å². The minimum atomic E-state index is -0.537. The smallest absolute Gasteiger partial charge is 0.238 e. The molecule has 0 bridgehead atoms. The lowest BCUT2D eigenvalue weighted by Crippen LogP contribution is -2.30. The second kappa shape index (κ2) is 7.56. The molecule has 6 nitrogen and oxygen atoms in total. The van der Waals surface area contributed by atoms with Gasteiger partial charge in [-0.15, -0.1) is 10.2 Å². The van der Waals surface area contributed by atoms with Crippen LogP contribution in [0, 0.1) is 5.82 Å². The zero-order valence-electron chi connectivity index (χ0n) is 14.8. The van der Waals surface area contributed by atoms with Crippen LogP contribution in [-0.2, 0) is 11.3 Å². The molecule has 2 aromatic heterocycles. The van der Waals surface area contributed by atoms with Gasteiger partial charge >= 0.3 is 0 Å². The molecule has 2 heterocycles. The van der Waals surface area contributed by atoms with Gasteiger partial charge in [0.05, 0.1) is 6.26 Å². The molecule has 1 fully saturated rings. The van der Waals surface area contributed by atoms with Gasteiger partial charge in [0.2, 0.25) is 5.91 Å². The van der Waals surface area contributed by atoms with Crippen molar-refractivity contribution in [2.45, 2.75) is 42.8 Å². The maximum atomic E-state index is 13.3. The highest BCUT2D eigenvalue weighted by Crippen LogP contribution is 2.37. The number of amides is 1. The van der Waals surface area contributed by atoms with Crippen LogP contribution in [0.2, 0.25) is 0 Å². The molecule has 27 heavy (non-hydrogen) atoms. The van der Waals surface area contributed by atoms with Crippen molar-refractivity contribution in [3.63, 3.8) is 0 Å². The van der Waals surface area contributed by atoms with Gasteiger partial charge in [-0.3, -0.25) is 9.36 Å². The van der Waals surface area contributed by atoms with E-state index in [0.29, 0.717) is 23.3 Å². The van der Waals surface area contributed by atoms with Crippen LogP contribution in [0.3, 0.4) is 0 Å². The molecular weight excluding hydrogens is 367 g/mol. The van der Waals surface area contributed by atoms with Gasteiger partial charge in [0.15, 0.2) is 16.7 Å². The van der Waals surface area contributed by atoms with Gasteiger partial charge in [-0.05, 0) is 49.6 Å². The zero-order valence-corrected chi connectivity index (χ0v) is 15.6. The number of aromatic nitrogens is 3. The Morgan fingerprint density at radius 1 is 1.33 bits per heavy atom. The van der Waals surface area contributed by atoms with E-state index >= 15 is 0 Å². The van der Waals surface area contributed by atoms with E-state index < -0.39 is 5.25 Å². The number of rotatable bonds is 7. The lowest BCUT2D eigenvalue weighted by Gasteiger charge is -2.17. The van der Waals surface area contributed by atoms with E-state index in [1.54, 1.807) is 24.5 Å². The fourth-order valence-electron chi connectivity index (χ4n) is 2.77. The molecule has 4 rings (SSSR count). The summed E-state index contributed by atoms with van der Waals surface area (Å²) in [6, 6.07) is 9.87. The number of nitrogens with zero attached hydrogens (tertiary/aromatic N) is 3. The van der Waals surface area contributed by atoms with Crippen molar-refractivity contribution in [3.05, 3.63) is 54.0 Å². The van der Waals surface area contributed by atoms with Gasteiger partial charge in [0.1, 0.15) is 11.1 Å². The van der Waals surface area contributed by atoms with E-state index in [-0.39, 0.29) is 17.8 Å². The van der Waals surface area contributed by atoms with Gasteiger partial charge in [0, 0.05) is 12.6 Å². The Balaban J connectivity index is 1.65. The Bertz CT molecular complexity index is 920. The molecule has 1 saturated carbocycles. The molecule has 1 aliphatic carbocycles. The summed E-state index contributed by atoms with van der Waals surface area (Å²) in [4.78, 5) is 12.8. The van der Waals surface area contributed by atoms with Crippen LogP contribution < -0.4 is 5.32 Å². The Morgan fingerprint density at radius 3 is 2.74 bits per heavy atom. The van der Waals surface area contributed by atoms with E-state index in [4.69, 9.17) is 4.42 Å². The van der Waals surface area contributed by atoms with Crippen LogP contribution in [0.1, 0.15) is 30.6 Å². The van der Waals surface area contributed by atoms with Crippen LogP contribution in [-0.4, -0.2) is 26.7 Å². The Hall–Kier alpha value is -2.61. The molecule has 140 valence electrons. The number of hydrogen-bond acceptors (Lipinski definition) is 5. The van der Waals surface area contributed by atoms with Gasteiger partial charge in [-0.25, -0.2) is 4.39 Å². The van der Waals surface area contributed by atoms with Crippen molar-refractivity contribution in [1.82, 2.24) is 20.1 Å². The molecule has 0 spiro atoms. The zero-order chi connectivity index (χ0) is 18.8. The summed E-state index contributed by atoms with van der Waals surface area (Å²) in [6.07, 6.45) is 3.59. The summed E-state index contributed by atoms with van der Waals surface area (Å²) < 4.78 is 20.7. The van der Waals surface area contributed by atoms with Gasteiger partial charge in [-0.2, -0.15) is 0 Å². The molecule has 0 radical (unpaired) electrons. The van der Waals surface area contributed by atoms with E-state index in [9.17, 15) is 9.18 Å². The predicted octanol–water partition coefficient (Wildman–Crippen LogP) is 3.81. The lowest BCUT2D eigenvalue weighted by atomic mass is 10.1. The van der Waals surface area contributed by atoms with Crippen LogP contribution in [0.4, 0.5) is 4.39 Å². The quantitative estimate of drug-likeness (QED) is 0.625. The molecule has 3 aromatic rings. The first-order chi connectivity index (χ1) is 13.2. The fourth-order valence-corrected chi connectivity index (χ4v) is 3.88. The predicted molar refractivity (Wildman–Crippen MR) is 99.6 cm³/mol. The van der Waals surface area contributed by atoms with E-state index in [2.05, 4.69) is 15.5 Å². The SMILES string of the molecule is CCn1c(S[C@H](C(=O)NC2CC2)c2ccc(F)cc2)nnc1-c1ccco1. The second-order valence-corrected chi connectivity index (χ2v) is 7.43. The molecule has 0 aliphatic heterocycles. The molecular formula is C19H19FN4O2S. The van der Waals surface area contributed by atoms with E-state index in [1.165, 1.54) is 23.9 Å². The molecule has 8 heteroatoms. The van der Waals surface area contributed by atoms with Crippen LogP contribution in [0.5, 0.6) is 0 Å². The van der Waals surface area contributed by atoms with Gasteiger partial charge < -0.3 is 9.73 Å². The maximum absolute atomic E-state index is 13.3. The normalized spacial score (nSPS) is 14.9. The first kappa shape index (κ1) is 17.8. The number of benzene rings is 1. The number of furan rings is 1. The second-order valence-electron chi connectivity index (χ2n) is 6.36. The number of thioether (sulfide) groups is 1. The van der Waals surface area contributed by atoms with E-state index in [0.717, 1.165) is 18.4 Å². The minimum absolute atomic E-state index is 0.0979. The highest BCUT2D eigenvalue weighted by atomic mass is 32.2. The Morgan fingerprint density at radius 2 is 2.11 bits per heavy atom. The van der Waals surface area contributed by atoms with Crippen molar-refractivity contribution in [3.8, 4) is 11.6 Å². The third-order valence-electron chi connectivity index (χ3n) is 4.33. The lowest BCUT2D eigenvalue weighted by molar-refractivity contribution is -0.120. The van der Waals surface area contributed by atoms with E-state index in [1.807, 2.05) is 17.6 Å². The van der Waals surface area contributed by atoms with Crippen molar-refractivity contribution in [2.24, 2.45) is 0 Å². The molecule has 1 N–H and O–H groups in total. The summed E-state index contributed by atoms with van der Waals surface area (Å²) in [6.45, 7) is 2.61. The maximum Gasteiger partial charge on any atom is 0.238 e. The standard InChI is InChI=1S/C19H19FN4O2S/c1-2-24-17(15-4-3-11-26-15)22-23-19(24)27-16(18(25)21-14-9-10-14)12-5-7-13(20)8-6-12/h3-8,11,14,16H,2,9-10H2,1H3,(H,21,25)/t16-/m0/s1. The summed E-state index contributed by atoms with van der Waals surface area (Å²) >= 11 is 1.31. The van der Waals surface area contributed by atoms with Gasteiger partial charge in [0.25, 0.3) is 0 Å². The monoisotopic (exact) mass is 386 g/mol. The highest BCUT2D eigenvalue weighted by molar-refractivity contribution is 8.00. The third-order valence-corrected chi connectivity index (χ3v) is 5.57. The van der Waals surface area contributed by atoms with Crippen molar-refractivity contribution in [1.29, 1.82) is 0 Å². The first-order valence-electron chi connectivity index (χ1n) is 8.85. The fraction of sp³-hybridized carbons (Fsp3) is 0.316. The minimum Gasteiger partial charge on any atom is -0.461 e. The number of carbonyl (C=O) groups is 1. The topological polar surface area (TPSA) is 73.0 Å². The number of halogens is 1. The summed E-state index contributed by atoms with van der Waals surface area (Å²) in [5.74, 6) is 0.809. The first-order valence-corrected chi connectivity index (χ1v) is 9.73. The Labute approximate surface area is 160 Å². The van der Waals surface area contributed by atoms with Crippen LogP contribution >= 0.6 is 11.8 Å². The van der Waals surface area contributed by atoms with Crippen molar-refractivity contribution < 1.29 is 13.6 Å². The summed E-state index contributed by atoms with van der Waals surface area (Å²) in [5, 5.41) is 11.6. The molecule has 0 unspecified atom stereocenters. The number of hydrogen-bond donors (Lipinski definition) is 1.